The van der Waals surface area contributed by atoms with Crippen LogP contribution in [0.1, 0.15) is 12.5 Å². The molecule has 0 bridgehead atoms. The van der Waals surface area contributed by atoms with Crippen LogP contribution in [0, 0.1) is 0 Å². The van der Waals surface area contributed by atoms with Crippen LogP contribution in [0.5, 0.6) is 11.5 Å². The van der Waals surface area contributed by atoms with Crippen LogP contribution in [0.15, 0.2) is 46.9 Å². The highest BCUT2D eigenvalue weighted by molar-refractivity contribution is 9.10. The molecule has 1 aliphatic rings. The minimum atomic E-state index is -0.267. The number of carbonyl (C=O) groups is 1. The van der Waals surface area contributed by atoms with Crippen LogP contribution in [-0.4, -0.2) is 37.1 Å². The molecule has 5 nitrogen and oxygen atoms in total. The zero-order chi connectivity index (χ0) is 17.8. The molecule has 2 aromatic rings. The van der Waals surface area contributed by atoms with Crippen LogP contribution < -0.4 is 14.8 Å². The van der Waals surface area contributed by atoms with Crippen molar-refractivity contribution in [1.82, 2.24) is 4.90 Å². The van der Waals surface area contributed by atoms with E-state index in [-0.39, 0.29) is 11.9 Å². The quantitative estimate of drug-likeness (QED) is 0.825. The van der Waals surface area contributed by atoms with Crippen molar-refractivity contribution in [3.05, 3.63) is 52.5 Å². The van der Waals surface area contributed by atoms with Crippen molar-refractivity contribution in [2.24, 2.45) is 0 Å². The molecule has 3 rings (SSSR count). The second-order valence-corrected chi connectivity index (χ2v) is 6.98. The molecule has 0 saturated heterocycles. The lowest BCUT2D eigenvalue weighted by molar-refractivity contribution is -0.120. The number of rotatable bonds is 5. The van der Waals surface area contributed by atoms with Gasteiger partial charge in [0.1, 0.15) is 13.2 Å². The Labute approximate surface area is 156 Å². The van der Waals surface area contributed by atoms with Crippen molar-refractivity contribution in [1.29, 1.82) is 0 Å². The number of benzene rings is 2. The highest BCUT2D eigenvalue weighted by atomic mass is 79.9. The molecule has 0 radical (unpaired) electrons. The smallest absolute Gasteiger partial charge is 0.241 e. The Hall–Kier alpha value is -2.05. The Kier molecular flexibility index (Phi) is 5.60. The van der Waals surface area contributed by atoms with Gasteiger partial charge in [-0.25, -0.2) is 0 Å². The van der Waals surface area contributed by atoms with Gasteiger partial charge in [0.15, 0.2) is 11.5 Å². The molecular weight excluding hydrogens is 384 g/mol. The summed E-state index contributed by atoms with van der Waals surface area (Å²) in [5, 5.41) is 2.94. The third-order valence-corrected chi connectivity index (χ3v) is 4.72. The van der Waals surface area contributed by atoms with E-state index in [9.17, 15) is 4.79 Å². The molecule has 1 aliphatic heterocycles. The predicted molar refractivity (Wildman–Crippen MR) is 101 cm³/mol. The van der Waals surface area contributed by atoms with Crippen LogP contribution in [0.4, 0.5) is 5.69 Å². The molecular formula is C19H21BrN2O3. The molecule has 1 amide bonds. The summed E-state index contributed by atoms with van der Waals surface area (Å²) in [4.78, 5) is 14.5. The van der Waals surface area contributed by atoms with Gasteiger partial charge in [-0.1, -0.05) is 28.1 Å². The van der Waals surface area contributed by atoms with Crippen molar-refractivity contribution in [3.63, 3.8) is 0 Å². The molecule has 25 heavy (non-hydrogen) atoms. The first-order valence-electron chi connectivity index (χ1n) is 8.18. The number of amides is 1. The van der Waals surface area contributed by atoms with Gasteiger partial charge in [0.05, 0.1) is 6.04 Å². The zero-order valence-electron chi connectivity index (χ0n) is 14.3. The van der Waals surface area contributed by atoms with E-state index < -0.39 is 0 Å². The number of carbonyl (C=O) groups excluding carboxylic acids is 1. The van der Waals surface area contributed by atoms with Gasteiger partial charge < -0.3 is 14.8 Å². The van der Waals surface area contributed by atoms with Gasteiger partial charge >= 0.3 is 0 Å². The summed E-state index contributed by atoms with van der Waals surface area (Å²) in [5.74, 6) is 1.32. The fourth-order valence-electron chi connectivity index (χ4n) is 2.58. The summed E-state index contributed by atoms with van der Waals surface area (Å²) in [7, 11) is 1.94. The average molecular weight is 405 g/mol. The van der Waals surface area contributed by atoms with Gasteiger partial charge in [-0.05, 0) is 43.8 Å². The number of hydrogen-bond acceptors (Lipinski definition) is 4. The van der Waals surface area contributed by atoms with Gasteiger partial charge in [-0.3, -0.25) is 9.69 Å². The molecule has 1 atom stereocenters. The van der Waals surface area contributed by atoms with Gasteiger partial charge in [-0.15, -0.1) is 0 Å². The first kappa shape index (κ1) is 17.8. The van der Waals surface area contributed by atoms with E-state index in [0.717, 1.165) is 10.0 Å². The highest BCUT2D eigenvalue weighted by Crippen LogP contribution is 2.32. The lowest BCUT2D eigenvalue weighted by atomic mass is 10.2. The van der Waals surface area contributed by atoms with Crippen molar-refractivity contribution in [3.8, 4) is 11.5 Å². The number of fused-ring (bicyclic) bond motifs is 1. The molecule has 132 valence electrons. The molecule has 0 fully saturated rings. The second kappa shape index (κ2) is 7.89. The van der Waals surface area contributed by atoms with E-state index in [0.29, 0.717) is 36.9 Å². The summed E-state index contributed by atoms with van der Waals surface area (Å²) in [6.45, 7) is 3.67. The lowest BCUT2D eigenvalue weighted by Crippen LogP contribution is -2.39. The maximum absolute atomic E-state index is 12.5. The Balaban J connectivity index is 1.60. The van der Waals surface area contributed by atoms with E-state index in [1.54, 1.807) is 6.07 Å². The molecule has 2 aromatic carbocycles. The minimum absolute atomic E-state index is 0.0590. The first-order chi connectivity index (χ1) is 12.0. The Morgan fingerprint density at radius 2 is 1.84 bits per heavy atom. The summed E-state index contributed by atoms with van der Waals surface area (Å²) in [6, 6.07) is 13.3. The van der Waals surface area contributed by atoms with E-state index in [1.165, 1.54) is 0 Å². The van der Waals surface area contributed by atoms with Crippen LogP contribution >= 0.6 is 15.9 Å². The Bertz CT molecular complexity index is 749. The molecule has 0 aliphatic carbocycles. The molecule has 0 saturated carbocycles. The van der Waals surface area contributed by atoms with Crippen molar-refractivity contribution in [2.45, 2.75) is 19.5 Å². The number of nitrogens with one attached hydrogen (secondary N) is 1. The topological polar surface area (TPSA) is 50.8 Å². The van der Waals surface area contributed by atoms with Crippen molar-refractivity contribution in [2.75, 3.05) is 25.6 Å². The average Bonchev–Trinajstić information content (AvgIpc) is 2.62. The molecule has 1 N–H and O–H groups in total. The molecule has 6 heteroatoms. The molecule has 1 heterocycles. The number of anilines is 1. The van der Waals surface area contributed by atoms with Crippen LogP contribution in [-0.2, 0) is 11.3 Å². The largest absolute Gasteiger partial charge is 0.486 e. The number of halogens is 1. The Morgan fingerprint density at radius 3 is 2.56 bits per heavy atom. The van der Waals surface area contributed by atoms with E-state index in [2.05, 4.69) is 21.2 Å². The van der Waals surface area contributed by atoms with Gasteiger partial charge in [0.2, 0.25) is 5.91 Å². The standard InChI is InChI=1S/C19H21BrN2O3/c1-13(22(2)12-14-3-5-15(20)6-4-14)19(23)21-16-7-8-17-18(11-16)25-10-9-24-17/h3-8,11,13H,9-10,12H2,1-2H3,(H,21,23)/t13-/m0/s1. The SMILES string of the molecule is C[C@@H](C(=O)Nc1ccc2c(c1)OCCO2)N(C)Cc1ccc(Br)cc1. The van der Waals surface area contributed by atoms with Gasteiger partial charge in [-0.2, -0.15) is 0 Å². The molecule has 0 unspecified atom stereocenters. The predicted octanol–water partition coefficient (Wildman–Crippen LogP) is 3.68. The third-order valence-electron chi connectivity index (χ3n) is 4.20. The summed E-state index contributed by atoms with van der Waals surface area (Å²) in [6.07, 6.45) is 0. The Morgan fingerprint density at radius 1 is 1.16 bits per heavy atom. The van der Waals surface area contributed by atoms with E-state index in [4.69, 9.17) is 9.47 Å². The van der Waals surface area contributed by atoms with Crippen LogP contribution in [0.25, 0.3) is 0 Å². The lowest BCUT2D eigenvalue weighted by Gasteiger charge is -2.24. The highest BCUT2D eigenvalue weighted by Gasteiger charge is 2.19. The third kappa shape index (κ3) is 4.52. The monoisotopic (exact) mass is 404 g/mol. The maximum Gasteiger partial charge on any atom is 0.241 e. The second-order valence-electron chi connectivity index (χ2n) is 6.07. The summed E-state index contributed by atoms with van der Waals surface area (Å²) >= 11 is 3.43. The normalized spacial score (nSPS) is 14.2. The van der Waals surface area contributed by atoms with Gasteiger partial charge in [0, 0.05) is 22.8 Å². The zero-order valence-corrected chi connectivity index (χ0v) is 15.9. The van der Waals surface area contributed by atoms with E-state index in [1.807, 2.05) is 55.3 Å². The summed E-state index contributed by atoms with van der Waals surface area (Å²) in [5.41, 5.74) is 1.86. The first-order valence-corrected chi connectivity index (χ1v) is 8.97. The number of nitrogens with zero attached hydrogens (tertiary/aromatic N) is 1. The number of hydrogen-bond donors (Lipinski definition) is 1. The van der Waals surface area contributed by atoms with Crippen molar-refractivity contribution >= 4 is 27.5 Å². The fraction of sp³-hybridized carbons (Fsp3) is 0.316. The molecule has 0 spiro atoms. The van der Waals surface area contributed by atoms with Crippen LogP contribution in [0.3, 0.4) is 0 Å². The molecule has 0 aromatic heterocycles. The minimum Gasteiger partial charge on any atom is -0.486 e. The van der Waals surface area contributed by atoms with E-state index >= 15 is 0 Å². The maximum atomic E-state index is 12.5. The summed E-state index contributed by atoms with van der Waals surface area (Å²) < 4.78 is 12.1. The number of ether oxygens (including phenoxy) is 2. The van der Waals surface area contributed by atoms with Crippen LogP contribution in [0.2, 0.25) is 0 Å². The van der Waals surface area contributed by atoms with Crippen molar-refractivity contribution < 1.29 is 14.3 Å². The fourth-order valence-corrected chi connectivity index (χ4v) is 2.85. The number of likely N-dealkylation sites (N-methyl/N-ethyl adjacent to an activating group) is 1. The van der Waals surface area contributed by atoms with Gasteiger partial charge in [0.25, 0.3) is 0 Å².